The molecular weight excluding hydrogens is 332 g/mol. The van der Waals surface area contributed by atoms with E-state index in [1.54, 1.807) is 23.1 Å². The van der Waals surface area contributed by atoms with Crippen LogP contribution in [0.15, 0.2) is 55.0 Å². The minimum absolute atomic E-state index is 0.195. The number of benzene rings is 1. The molecule has 1 aliphatic rings. The molecule has 7 heteroatoms. The molecule has 0 bridgehead atoms. The lowest BCUT2D eigenvalue weighted by Crippen LogP contribution is -2.43. The highest BCUT2D eigenvalue weighted by Gasteiger charge is 2.26. The molecule has 1 aliphatic heterocycles. The summed E-state index contributed by atoms with van der Waals surface area (Å²) in [4.78, 5) is 16.7. The Morgan fingerprint density at radius 1 is 1.23 bits per heavy atom. The van der Waals surface area contributed by atoms with Gasteiger partial charge in [-0.15, -0.1) is 0 Å². The summed E-state index contributed by atoms with van der Waals surface area (Å²) in [5.41, 5.74) is 2.70. The van der Waals surface area contributed by atoms with Crippen molar-refractivity contribution < 1.29 is 14.3 Å². The van der Waals surface area contributed by atoms with Crippen molar-refractivity contribution in [1.29, 1.82) is 0 Å². The number of hydrogen-bond acceptors (Lipinski definition) is 5. The Labute approximate surface area is 150 Å². The molecule has 3 aromatic rings. The number of carbonyl (C=O) groups is 1. The topological polar surface area (TPSA) is 78.3 Å². The number of para-hydroxylation sites is 2. The average molecular weight is 350 g/mol. The van der Waals surface area contributed by atoms with Crippen LogP contribution in [0.3, 0.4) is 0 Å². The van der Waals surface area contributed by atoms with Gasteiger partial charge in [-0.05, 0) is 23.8 Å². The smallest absolute Gasteiger partial charge is 0.264 e. The predicted octanol–water partition coefficient (Wildman–Crippen LogP) is 1.94. The first-order valence-electron chi connectivity index (χ1n) is 8.29. The highest BCUT2D eigenvalue weighted by atomic mass is 16.6. The SMILES string of the molecule is Cn1cc(-c2ccc(CNC(=O)C3COc4ccccc4O3)cn2)cn1. The zero-order chi connectivity index (χ0) is 17.9. The highest BCUT2D eigenvalue weighted by molar-refractivity contribution is 5.81. The maximum Gasteiger partial charge on any atom is 0.264 e. The lowest BCUT2D eigenvalue weighted by Gasteiger charge is -2.25. The van der Waals surface area contributed by atoms with Crippen molar-refractivity contribution in [2.45, 2.75) is 12.6 Å². The first kappa shape index (κ1) is 16.1. The van der Waals surface area contributed by atoms with Crippen LogP contribution in [0.1, 0.15) is 5.56 Å². The summed E-state index contributed by atoms with van der Waals surface area (Å²) >= 11 is 0. The van der Waals surface area contributed by atoms with Crippen molar-refractivity contribution >= 4 is 5.91 Å². The number of carbonyl (C=O) groups excluding carboxylic acids is 1. The number of pyridine rings is 1. The average Bonchev–Trinajstić information content (AvgIpc) is 3.12. The minimum Gasteiger partial charge on any atom is -0.485 e. The van der Waals surface area contributed by atoms with E-state index in [2.05, 4.69) is 15.4 Å². The fourth-order valence-electron chi connectivity index (χ4n) is 2.71. The van der Waals surface area contributed by atoms with E-state index in [4.69, 9.17) is 9.47 Å². The molecule has 1 amide bonds. The first-order valence-corrected chi connectivity index (χ1v) is 8.29. The molecule has 1 unspecified atom stereocenters. The Morgan fingerprint density at radius 2 is 2.08 bits per heavy atom. The van der Waals surface area contributed by atoms with Gasteiger partial charge in [-0.1, -0.05) is 18.2 Å². The molecular formula is C19H18N4O3. The molecule has 0 fully saturated rings. The van der Waals surface area contributed by atoms with Crippen molar-refractivity contribution in [1.82, 2.24) is 20.1 Å². The normalized spacial score (nSPS) is 15.5. The van der Waals surface area contributed by atoms with E-state index < -0.39 is 6.10 Å². The number of ether oxygens (including phenoxy) is 2. The van der Waals surface area contributed by atoms with Crippen LogP contribution in [0.25, 0.3) is 11.3 Å². The van der Waals surface area contributed by atoms with Crippen LogP contribution in [0, 0.1) is 0 Å². The third-order valence-corrected chi connectivity index (χ3v) is 4.09. The second kappa shape index (κ2) is 6.87. The van der Waals surface area contributed by atoms with Gasteiger partial charge >= 0.3 is 0 Å². The van der Waals surface area contributed by atoms with Crippen molar-refractivity contribution in [3.63, 3.8) is 0 Å². The molecule has 2 aromatic heterocycles. The number of nitrogens with one attached hydrogen (secondary N) is 1. The molecule has 4 rings (SSSR count). The third kappa shape index (κ3) is 3.37. The Kier molecular flexibility index (Phi) is 4.27. The molecule has 0 saturated carbocycles. The van der Waals surface area contributed by atoms with Crippen LogP contribution in [0.5, 0.6) is 11.5 Å². The monoisotopic (exact) mass is 350 g/mol. The van der Waals surface area contributed by atoms with Gasteiger partial charge < -0.3 is 14.8 Å². The lowest BCUT2D eigenvalue weighted by molar-refractivity contribution is -0.130. The lowest BCUT2D eigenvalue weighted by atomic mass is 10.2. The van der Waals surface area contributed by atoms with Crippen LogP contribution in [0.4, 0.5) is 0 Å². The zero-order valence-corrected chi connectivity index (χ0v) is 14.3. The molecule has 1 aromatic carbocycles. The van der Waals surface area contributed by atoms with Gasteiger partial charge in [0.15, 0.2) is 11.5 Å². The number of rotatable bonds is 4. The molecule has 0 radical (unpaired) electrons. The van der Waals surface area contributed by atoms with Gasteiger partial charge in [-0.25, -0.2) is 0 Å². The van der Waals surface area contributed by atoms with Crippen LogP contribution in [-0.2, 0) is 18.4 Å². The molecule has 0 spiro atoms. The summed E-state index contributed by atoms with van der Waals surface area (Å²) in [6.07, 6.45) is 4.76. The van der Waals surface area contributed by atoms with E-state index >= 15 is 0 Å². The standard InChI is InChI=1S/C19H18N4O3/c1-23-11-14(10-22-23)15-7-6-13(8-20-15)9-21-19(24)18-12-25-16-4-2-3-5-17(16)26-18/h2-8,10-11,18H,9,12H2,1H3,(H,21,24). The maximum absolute atomic E-state index is 12.3. The summed E-state index contributed by atoms with van der Waals surface area (Å²) in [5, 5.41) is 7.00. The van der Waals surface area contributed by atoms with Gasteiger partial charge in [-0.3, -0.25) is 14.5 Å². The van der Waals surface area contributed by atoms with Crippen molar-refractivity contribution in [3.05, 3.63) is 60.6 Å². The van der Waals surface area contributed by atoms with E-state index in [9.17, 15) is 4.79 Å². The van der Waals surface area contributed by atoms with Crippen LogP contribution >= 0.6 is 0 Å². The number of aromatic nitrogens is 3. The van der Waals surface area contributed by atoms with Gasteiger partial charge in [-0.2, -0.15) is 5.10 Å². The molecule has 3 heterocycles. The Morgan fingerprint density at radius 3 is 2.81 bits per heavy atom. The third-order valence-electron chi connectivity index (χ3n) is 4.09. The van der Waals surface area contributed by atoms with Gasteiger partial charge in [0.1, 0.15) is 6.61 Å². The number of aryl methyl sites for hydroxylation is 1. The van der Waals surface area contributed by atoms with Gasteiger partial charge in [0, 0.05) is 31.5 Å². The molecule has 0 aliphatic carbocycles. The Hall–Kier alpha value is -3.35. The Bertz CT molecular complexity index is 921. The largest absolute Gasteiger partial charge is 0.485 e. The molecule has 1 atom stereocenters. The predicted molar refractivity (Wildman–Crippen MR) is 94.6 cm³/mol. The van der Waals surface area contributed by atoms with Crippen molar-refractivity contribution in [2.75, 3.05) is 6.61 Å². The van der Waals surface area contributed by atoms with Crippen LogP contribution in [0.2, 0.25) is 0 Å². The van der Waals surface area contributed by atoms with Gasteiger partial charge in [0.05, 0.1) is 11.9 Å². The molecule has 1 N–H and O–H groups in total. The number of hydrogen-bond donors (Lipinski definition) is 1. The second-order valence-corrected chi connectivity index (χ2v) is 6.04. The van der Waals surface area contributed by atoms with E-state index in [1.165, 1.54) is 0 Å². The second-order valence-electron chi connectivity index (χ2n) is 6.04. The quantitative estimate of drug-likeness (QED) is 0.778. The van der Waals surface area contributed by atoms with Crippen LogP contribution in [-0.4, -0.2) is 33.4 Å². The summed E-state index contributed by atoms with van der Waals surface area (Å²) in [6, 6.07) is 11.2. The van der Waals surface area contributed by atoms with E-state index in [-0.39, 0.29) is 12.5 Å². The van der Waals surface area contributed by atoms with Crippen LogP contribution < -0.4 is 14.8 Å². The minimum atomic E-state index is -0.660. The number of nitrogens with zero attached hydrogens (tertiary/aromatic N) is 3. The molecule has 132 valence electrons. The first-order chi connectivity index (χ1) is 12.7. The summed E-state index contributed by atoms with van der Waals surface area (Å²) in [6.45, 7) is 0.571. The summed E-state index contributed by atoms with van der Waals surface area (Å²) in [5.74, 6) is 1.03. The fraction of sp³-hybridized carbons (Fsp3) is 0.211. The number of amides is 1. The fourth-order valence-corrected chi connectivity index (χ4v) is 2.71. The maximum atomic E-state index is 12.3. The van der Waals surface area contributed by atoms with E-state index in [0.717, 1.165) is 16.8 Å². The summed E-state index contributed by atoms with van der Waals surface area (Å²) < 4.78 is 13.0. The highest BCUT2D eigenvalue weighted by Crippen LogP contribution is 2.30. The summed E-state index contributed by atoms with van der Waals surface area (Å²) in [7, 11) is 1.86. The van der Waals surface area contributed by atoms with Gasteiger partial charge in [0.25, 0.3) is 5.91 Å². The molecule has 0 saturated heterocycles. The van der Waals surface area contributed by atoms with Crippen molar-refractivity contribution in [3.8, 4) is 22.8 Å². The van der Waals surface area contributed by atoms with E-state index in [1.807, 2.05) is 43.6 Å². The molecule has 26 heavy (non-hydrogen) atoms. The molecule has 7 nitrogen and oxygen atoms in total. The van der Waals surface area contributed by atoms with Gasteiger partial charge in [0.2, 0.25) is 6.10 Å². The number of fused-ring (bicyclic) bond motifs is 1. The Balaban J connectivity index is 1.35. The van der Waals surface area contributed by atoms with Crippen molar-refractivity contribution in [2.24, 2.45) is 7.05 Å². The van der Waals surface area contributed by atoms with E-state index in [0.29, 0.717) is 18.0 Å². The zero-order valence-electron chi connectivity index (χ0n) is 14.3.